The summed E-state index contributed by atoms with van der Waals surface area (Å²) in [5, 5.41) is 3.27. The summed E-state index contributed by atoms with van der Waals surface area (Å²) >= 11 is 0. The molecule has 0 saturated heterocycles. The van der Waals surface area contributed by atoms with Gasteiger partial charge in [-0.1, -0.05) is 19.1 Å². The van der Waals surface area contributed by atoms with Gasteiger partial charge in [-0.05, 0) is 37.6 Å². The molecule has 0 heterocycles. The maximum atomic E-state index is 13.1. The summed E-state index contributed by atoms with van der Waals surface area (Å²) in [6.07, 6.45) is 1.94. The standard InChI is InChI=1S/C14H23FN2O2S/c1-4-17(20(3,18)19)10-6-9-16-12(2)13-7-5-8-14(15)11-13/h5,7-8,11-12,16H,4,6,9-10H2,1-3H3. The first kappa shape index (κ1) is 17.1. The molecule has 0 spiro atoms. The molecule has 1 aromatic carbocycles. The topological polar surface area (TPSA) is 49.4 Å². The molecule has 1 atom stereocenters. The van der Waals surface area contributed by atoms with Gasteiger partial charge in [0, 0.05) is 19.1 Å². The fourth-order valence-corrected chi connectivity index (χ4v) is 2.96. The Kier molecular flexibility index (Phi) is 6.58. The van der Waals surface area contributed by atoms with Crippen LogP contribution in [0.25, 0.3) is 0 Å². The van der Waals surface area contributed by atoms with Crippen molar-refractivity contribution in [3.05, 3.63) is 35.6 Å². The first-order valence-corrected chi connectivity index (χ1v) is 8.63. The van der Waals surface area contributed by atoms with E-state index in [4.69, 9.17) is 0 Å². The van der Waals surface area contributed by atoms with Gasteiger partial charge < -0.3 is 5.32 Å². The maximum Gasteiger partial charge on any atom is 0.211 e. The molecule has 4 nitrogen and oxygen atoms in total. The fraction of sp³-hybridized carbons (Fsp3) is 0.571. The number of nitrogens with zero attached hydrogens (tertiary/aromatic N) is 1. The van der Waals surface area contributed by atoms with Crippen molar-refractivity contribution in [3.8, 4) is 0 Å². The normalized spacial score (nSPS) is 13.7. The van der Waals surface area contributed by atoms with Crippen LogP contribution in [0.2, 0.25) is 0 Å². The molecule has 0 radical (unpaired) electrons. The van der Waals surface area contributed by atoms with E-state index in [1.807, 2.05) is 19.9 Å². The van der Waals surface area contributed by atoms with E-state index in [2.05, 4.69) is 5.32 Å². The van der Waals surface area contributed by atoms with E-state index >= 15 is 0 Å². The number of hydrogen-bond acceptors (Lipinski definition) is 3. The second kappa shape index (κ2) is 7.71. The lowest BCUT2D eigenvalue weighted by atomic mass is 10.1. The molecule has 0 saturated carbocycles. The van der Waals surface area contributed by atoms with Crippen molar-refractivity contribution in [1.82, 2.24) is 9.62 Å². The van der Waals surface area contributed by atoms with Gasteiger partial charge in [-0.15, -0.1) is 0 Å². The summed E-state index contributed by atoms with van der Waals surface area (Å²) in [5.41, 5.74) is 0.889. The Balaban J connectivity index is 2.37. The van der Waals surface area contributed by atoms with Crippen molar-refractivity contribution in [2.75, 3.05) is 25.9 Å². The number of hydrogen-bond donors (Lipinski definition) is 1. The largest absolute Gasteiger partial charge is 0.310 e. The first-order valence-electron chi connectivity index (χ1n) is 6.78. The van der Waals surface area contributed by atoms with Gasteiger partial charge in [0.1, 0.15) is 5.82 Å². The minimum absolute atomic E-state index is 0.0408. The molecule has 6 heteroatoms. The van der Waals surface area contributed by atoms with Crippen LogP contribution in [0.15, 0.2) is 24.3 Å². The number of benzene rings is 1. The summed E-state index contributed by atoms with van der Waals surface area (Å²) in [6, 6.07) is 6.52. The van der Waals surface area contributed by atoms with Gasteiger partial charge >= 0.3 is 0 Å². The van der Waals surface area contributed by atoms with Crippen LogP contribution in [0.3, 0.4) is 0 Å². The third-order valence-corrected chi connectivity index (χ3v) is 4.58. The second-order valence-corrected chi connectivity index (χ2v) is 6.82. The lowest BCUT2D eigenvalue weighted by Crippen LogP contribution is -2.32. The van der Waals surface area contributed by atoms with Crippen LogP contribution in [0.5, 0.6) is 0 Å². The van der Waals surface area contributed by atoms with Gasteiger partial charge in [-0.3, -0.25) is 0 Å². The van der Waals surface area contributed by atoms with Crippen LogP contribution < -0.4 is 5.32 Å². The lowest BCUT2D eigenvalue weighted by Gasteiger charge is -2.19. The van der Waals surface area contributed by atoms with E-state index in [1.165, 1.54) is 22.7 Å². The summed E-state index contributed by atoms with van der Waals surface area (Å²) in [7, 11) is -3.12. The minimum Gasteiger partial charge on any atom is -0.310 e. The average molecular weight is 302 g/mol. The maximum absolute atomic E-state index is 13.1. The molecule has 1 N–H and O–H groups in total. The predicted molar refractivity (Wildman–Crippen MR) is 79.5 cm³/mol. The Bertz CT molecular complexity index is 520. The van der Waals surface area contributed by atoms with Gasteiger partial charge in [0.2, 0.25) is 10.0 Å². The molecule has 0 aromatic heterocycles. The number of rotatable bonds is 8. The fourth-order valence-electron chi connectivity index (χ4n) is 2.03. The van der Waals surface area contributed by atoms with E-state index in [1.54, 1.807) is 6.07 Å². The Hall–Kier alpha value is -0.980. The van der Waals surface area contributed by atoms with Crippen LogP contribution in [-0.4, -0.2) is 38.6 Å². The van der Waals surface area contributed by atoms with E-state index in [0.29, 0.717) is 19.6 Å². The Morgan fingerprint density at radius 1 is 1.40 bits per heavy atom. The van der Waals surface area contributed by atoms with Crippen LogP contribution in [-0.2, 0) is 10.0 Å². The molecular weight excluding hydrogens is 279 g/mol. The van der Waals surface area contributed by atoms with E-state index in [0.717, 1.165) is 12.0 Å². The zero-order valence-corrected chi connectivity index (χ0v) is 13.1. The molecule has 0 aliphatic heterocycles. The van der Waals surface area contributed by atoms with Gasteiger partial charge in [0.15, 0.2) is 0 Å². The van der Waals surface area contributed by atoms with Crippen LogP contribution in [0.1, 0.15) is 31.9 Å². The highest BCUT2D eigenvalue weighted by molar-refractivity contribution is 7.88. The highest BCUT2D eigenvalue weighted by Gasteiger charge is 2.13. The van der Waals surface area contributed by atoms with Crippen molar-refractivity contribution in [2.24, 2.45) is 0 Å². The number of sulfonamides is 1. The number of halogens is 1. The monoisotopic (exact) mass is 302 g/mol. The Morgan fingerprint density at radius 3 is 2.65 bits per heavy atom. The van der Waals surface area contributed by atoms with Gasteiger partial charge in [0.25, 0.3) is 0 Å². The molecule has 0 amide bonds. The van der Waals surface area contributed by atoms with Gasteiger partial charge in [-0.2, -0.15) is 0 Å². The van der Waals surface area contributed by atoms with Crippen molar-refractivity contribution < 1.29 is 12.8 Å². The third-order valence-electron chi connectivity index (χ3n) is 3.21. The molecule has 20 heavy (non-hydrogen) atoms. The third kappa shape index (κ3) is 5.56. The highest BCUT2D eigenvalue weighted by Crippen LogP contribution is 2.13. The molecule has 1 rings (SSSR count). The molecule has 0 aliphatic carbocycles. The van der Waals surface area contributed by atoms with E-state index in [-0.39, 0.29) is 11.9 Å². The summed E-state index contributed by atoms with van der Waals surface area (Å²) in [4.78, 5) is 0. The van der Waals surface area contributed by atoms with Gasteiger partial charge in [0.05, 0.1) is 6.26 Å². The molecule has 0 fully saturated rings. The highest BCUT2D eigenvalue weighted by atomic mass is 32.2. The first-order chi connectivity index (χ1) is 9.34. The molecule has 114 valence electrons. The van der Waals surface area contributed by atoms with E-state index in [9.17, 15) is 12.8 Å². The van der Waals surface area contributed by atoms with Gasteiger partial charge in [-0.25, -0.2) is 17.1 Å². The van der Waals surface area contributed by atoms with Crippen LogP contribution in [0, 0.1) is 5.82 Å². The summed E-state index contributed by atoms with van der Waals surface area (Å²) in [6.45, 7) is 5.45. The lowest BCUT2D eigenvalue weighted by molar-refractivity contribution is 0.413. The van der Waals surface area contributed by atoms with Crippen molar-refractivity contribution in [1.29, 1.82) is 0 Å². The average Bonchev–Trinajstić information content (AvgIpc) is 2.37. The molecule has 0 bridgehead atoms. The molecule has 0 aliphatic rings. The zero-order valence-electron chi connectivity index (χ0n) is 12.3. The molecule has 1 aromatic rings. The quantitative estimate of drug-likeness (QED) is 0.749. The predicted octanol–water partition coefficient (Wildman–Crippen LogP) is 2.15. The van der Waals surface area contributed by atoms with Crippen molar-refractivity contribution in [2.45, 2.75) is 26.3 Å². The SMILES string of the molecule is CCN(CCCNC(C)c1cccc(F)c1)S(C)(=O)=O. The van der Waals surface area contributed by atoms with Crippen LogP contribution in [0.4, 0.5) is 4.39 Å². The summed E-state index contributed by atoms with van der Waals surface area (Å²) in [5.74, 6) is -0.245. The van der Waals surface area contributed by atoms with E-state index < -0.39 is 10.0 Å². The summed E-state index contributed by atoms with van der Waals surface area (Å²) < 4.78 is 37.4. The smallest absolute Gasteiger partial charge is 0.211 e. The molecular formula is C14H23FN2O2S. The minimum atomic E-state index is -3.12. The Morgan fingerprint density at radius 2 is 2.10 bits per heavy atom. The van der Waals surface area contributed by atoms with Crippen molar-refractivity contribution >= 4 is 10.0 Å². The van der Waals surface area contributed by atoms with Crippen LogP contribution >= 0.6 is 0 Å². The molecule has 1 unspecified atom stereocenters. The Labute approximate surface area is 121 Å². The zero-order chi connectivity index (χ0) is 15.2. The van der Waals surface area contributed by atoms with Crippen molar-refractivity contribution in [3.63, 3.8) is 0 Å². The number of nitrogens with one attached hydrogen (secondary N) is 1. The second-order valence-electron chi connectivity index (χ2n) is 4.84.